The zero-order chi connectivity index (χ0) is 8.91. The summed E-state index contributed by atoms with van der Waals surface area (Å²) in [5.74, 6) is 0. The number of rotatable bonds is 4. The van der Waals surface area contributed by atoms with E-state index in [-0.39, 0.29) is 11.1 Å². The number of hydrogen-bond donors (Lipinski definition) is 1. The number of hydrogen-bond acceptors (Lipinski definition) is 2. The molecule has 0 aliphatic rings. The summed E-state index contributed by atoms with van der Waals surface area (Å²) >= 11 is 0. The standard InChI is InChI=1S/C7H14B2NO/c1-7(2,3)5-10-4-6(11)9-8/h10H,4-5H2,1-3H3. The van der Waals surface area contributed by atoms with Crippen LogP contribution in [-0.2, 0) is 4.79 Å². The van der Waals surface area contributed by atoms with Gasteiger partial charge in [-0.1, -0.05) is 20.8 Å². The molecule has 11 heavy (non-hydrogen) atoms. The first-order chi connectivity index (χ1) is 4.95. The van der Waals surface area contributed by atoms with Crippen molar-refractivity contribution in [1.82, 2.24) is 5.32 Å². The Balaban J connectivity index is 3.35. The maximum absolute atomic E-state index is 10.7. The van der Waals surface area contributed by atoms with E-state index in [1.54, 1.807) is 0 Å². The van der Waals surface area contributed by atoms with Crippen molar-refractivity contribution in [2.75, 3.05) is 13.1 Å². The van der Waals surface area contributed by atoms with Crippen LogP contribution < -0.4 is 5.32 Å². The predicted octanol–water partition coefficient (Wildman–Crippen LogP) is -0.0636. The monoisotopic (exact) mass is 150 g/mol. The van der Waals surface area contributed by atoms with Gasteiger partial charge in [-0.05, 0) is 5.41 Å². The Morgan fingerprint density at radius 3 is 2.45 bits per heavy atom. The van der Waals surface area contributed by atoms with Gasteiger partial charge in [-0.25, -0.2) is 0 Å². The minimum atomic E-state index is -0.0609. The van der Waals surface area contributed by atoms with Crippen LogP contribution in [0, 0.1) is 5.41 Å². The van der Waals surface area contributed by atoms with Crippen LogP contribution >= 0.6 is 0 Å². The molecule has 0 aromatic carbocycles. The smallest absolute Gasteiger partial charge is 0.147 e. The molecule has 0 saturated heterocycles. The van der Waals surface area contributed by atoms with Crippen molar-refractivity contribution < 1.29 is 4.79 Å². The lowest BCUT2D eigenvalue weighted by atomic mass is 9.53. The van der Waals surface area contributed by atoms with Crippen LogP contribution in [0.15, 0.2) is 0 Å². The molecule has 4 heteroatoms. The van der Waals surface area contributed by atoms with Crippen molar-refractivity contribution in [1.29, 1.82) is 0 Å². The van der Waals surface area contributed by atoms with Gasteiger partial charge in [0.1, 0.15) is 7.17 Å². The molecule has 3 radical (unpaired) electrons. The maximum Gasteiger partial charge on any atom is 0.147 e. The molecule has 0 aromatic rings. The predicted molar refractivity (Wildman–Crippen MR) is 48.8 cm³/mol. The third-order valence-corrected chi connectivity index (χ3v) is 1.14. The molecular formula is C7H14B2NO. The molecule has 0 atom stereocenters. The molecule has 59 valence electrons. The molecule has 0 aliphatic heterocycles. The van der Waals surface area contributed by atoms with Crippen molar-refractivity contribution >= 4 is 20.6 Å². The fourth-order valence-corrected chi connectivity index (χ4v) is 0.620. The van der Waals surface area contributed by atoms with Crippen LogP contribution in [0.4, 0.5) is 0 Å². The minimum absolute atomic E-state index is 0.0609. The van der Waals surface area contributed by atoms with Gasteiger partial charge in [0.25, 0.3) is 0 Å². The molecule has 0 bridgehead atoms. The first-order valence-electron chi connectivity index (χ1n) is 3.74. The molecule has 0 aliphatic carbocycles. The van der Waals surface area contributed by atoms with E-state index in [1.165, 1.54) is 0 Å². The van der Waals surface area contributed by atoms with Crippen molar-refractivity contribution in [2.24, 2.45) is 5.41 Å². The molecule has 0 heterocycles. The Bertz CT molecular complexity index is 131. The molecule has 0 unspecified atom stereocenters. The quantitative estimate of drug-likeness (QED) is 0.568. The lowest BCUT2D eigenvalue weighted by Crippen LogP contribution is -2.33. The highest BCUT2D eigenvalue weighted by molar-refractivity contribution is 7.08. The average molecular weight is 150 g/mol. The van der Waals surface area contributed by atoms with Crippen molar-refractivity contribution in [3.63, 3.8) is 0 Å². The summed E-state index contributed by atoms with van der Waals surface area (Å²) in [6, 6.07) is 0. The Kier molecular flexibility index (Phi) is 4.50. The molecule has 0 rings (SSSR count). The molecule has 0 amide bonds. The van der Waals surface area contributed by atoms with Crippen molar-refractivity contribution in [3.8, 4) is 0 Å². The first kappa shape index (κ1) is 10.8. The maximum atomic E-state index is 10.7. The van der Waals surface area contributed by atoms with Gasteiger partial charge in [-0.2, -0.15) is 0 Å². The Hall–Kier alpha value is -0.240. The fourth-order valence-electron chi connectivity index (χ4n) is 0.620. The van der Waals surface area contributed by atoms with Crippen LogP contribution in [0.5, 0.6) is 0 Å². The second kappa shape index (κ2) is 4.60. The van der Waals surface area contributed by atoms with E-state index in [0.717, 1.165) is 13.7 Å². The summed E-state index contributed by atoms with van der Waals surface area (Å²) in [7, 11) is 6.10. The summed E-state index contributed by atoms with van der Waals surface area (Å²) in [6.07, 6.45) is 0. The Labute approximate surface area is 70.8 Å². The van der Waals surface area contributed by atoms with Crippen LogP contribution in [0.1, 0.15) is 20.8 Å². The van der Waals surface area contributed by atoms with E-state index in [9.17, 15) is 4.79 Å². The van der Waals surface area contributed by atoms with Gasteiger partial charge in [0.05, 0.1) is 5.68 Å². The Morgan fingerprint density at radius 1 is 1.55 bits per heavy atom. The number of nitrogens with one attached hydrogen (secondary N) is 1. The largest absolute Gasteiger partial charge is 0.311 e. The van der Waals surface area contributed by atoms with Gasteiger partial charge in [-0.3, -0.25) is 0 Å². The van der Waals surface area contributed by atoms with Crippen molar-refractivity contribution in [3.05, 3.63) is 0 Å². The highest BCUT2D eigenvalue weighted by Crippen LogP contribution is 2.09. The SMILES string of the molecule is [B][B]C(=O)CNCC(C)(C)C. The van der Waals surface area contributed by atoms with E-state index < -0.39 is 0 Å². The normalized spacial score (nSPS) is 11.2. The molecular weight excluding hydrogens is 136 g/mol. The molecule has 0 aromatic heterocycles. The lowest BCUT2D eigenvalue weighted by Gasteiger charge is -2.18. The zero-order valence-corrected chi connectivity index (χ0v) is 7.48. The van der Waals surface area contributed by atoms with Crippen LogP contribution in [-0.4, -0.2) is 33.7 Å². The highest BCUT2D eigenvalue weighted by atomic mass is 16.1. The van der Waals surface area contributed by atoms with Gasteiger partial charge < -0.3 is 10.1 Å². The molecule has 0 fully saturated rings. The van der Waals surface area contributed by atoms with E-state index in [4.69, 9.17) is 7.74 Å². The average Bonchev–Trinajstić information content (AvgIpc) is 1.85. The summed E-state index contributed by atoms with van der Waals surface area (Å²) in [4.78, 5) is 10.7. The minimum Gasteiger partial charge on any atom is -0.311 e. The zero-order valence-electron chi connectivity index (χ0n) is 7.48. The molecule has 0 spiro atoms. The Morgan fingerprint density at radius 2 is 2.09 bits per heavy atom. The molecule has 1 N–H and O–H groups in total. The summed E-state index contributed by atoms with van der Waals surface area (Å²) in [5, 5.41) is 3.02. The van der Waals surface area contributed by atoms with Gasteiger partial charge in [0.2, 0.25) is 0 Å². The summed E-state index contributed by atoms with van der Waals surface area (Å²) < 4.78 is 0. The van der Waals surface area contributed by atoms with Gasteiger partial charge >= 0.3 is 0 Å². The third-order valence-electron chi connectivity index (χ3n) is 1.14. The molecule has 2 nitrogen and oxygen atoms in total. The van der Waals surface area contributed by atoms with Crippen LogP contribution in [0.3, 0.4) is 0 Å². The summed E-state index contributed by atoms with van der Waals surface area (Å²) in [6.45, 7) is 7.49. The van der Waals surface area contributed by atoms with Crippen LogP contribution in [0.25, 0.3) is 0 Å². The van der Waals surface area contributed by atoms with Gasteiger partial charge in [-0.15, -0.1) is 0 Å². The van der Waals surface area contributed by atoms with Crippen molar-refractivity contribution in [2.45, 2.75) is 20.8 Å². The van der Waals surface area contributed by atoms with Gasteiger partial charge in [0.15, 0.2) is 0 Å². The van der Waals surface area contributed by atoms with E-state index in [2.05, 4.69) is 26.1 Å². The molecule has 0 saturated carbocycles. The summed E-state index contributed by atoms with van der Waals surface area (Å²) in [5.41, 5.74) is 0.156. The second-order valence-electron chi connectivity index (χ2n) is 3.80. The second-order valence-corrected chi connectivity index (χ2v) is 3.80. The first-order valence-corrected chi connectivity index (χ1v) is 3.74. The van der Waals surface area contributed by atoms with Gasteiger partial charge in [0, 0.05) is 20.8 Å². The lowest BCUT2D eigenvalue weighted by molar-refractivity contribution is -0.111. The number of carbonyl (C=O) groups excluding carboxylic acids is 1. The van der Waals surface area contributed by atoms with Crippen LogP contribution in [0.2, 0.25) is 0 Å². The van der Waals surface area contributed by atoms with E-state index in [1.807, 2.05) is 0 Å². The van der Waals surface area contributed by atoms with E-state index >= 15 is 0 Å². The third kappa shape index (κ3) is 7.66. The fraction of sp³-hybridized carbons (Fsp3) is 0.857. The number of carbonyl (C=O) groups is 1. The topological polar surface area (TPSA) is 29.1 Å². The highest BCUT2D eigenvalue weighted by Gasteiger charge is 2.09. The van der Waals surface area contributed by atoms with E-state index in [0.29, 0.717) is 6.54 Å².